The lowest BCUT2D eigenvalue weighted by molar-refractivity contribution is 0.245. The number of nitrogens with one attached hydrogen (secondary N) is 1. The summed E-state index contributed by atoms with van der Waals surface area (Å²) >= 11 is 1.90. The van der Waals surface area contributed by atoms with Crippen molar-refractivity contribution in [3.05, 3.63) is 21.4 Å². The molecule has 1 aromatic rings. The predicted octanol–water partition coefficient (Wildman–Crippen LogP) is 3.33. The summed E-state index contributed by atoms with van der Waals surface area (Å²) in [6.07, 6.45) is 5.66. The summed E-state index contributed by atoms with van der Waals surface area (Å²) in [7, 11) is 2.28. The Kier molecular flexibility index (Phi) is 5.22. The van der Waals surface area contributed by atoms with Crippen LogP contribution >= 0.6 is 11.3 Å². The number of hydrogen-bond donors (Lipinski definition) is 1. The maximum atomic E-state index is 3.58. The molecule has 0 unspecified atom stereocenters. The van der Waals surface area contributed by atoms with Crippen molar-refractivity contribution in [1.82, 2.24) is 10.2 Å². The van der Waals surface area contributed by atoms with E-state index in [0.717, 1.165) is 19.1 Å². The Hall–Kier alpha value is -0.380. The molecule has 2 nitrogen and oxygen atoms in total. The molecular formula is C15H26N2S. The molecule has 1 aliphatic carbocycles. The third-order valence-electron chi connectivity index (χ3n) is 4.05. The van der Waals surface area contributed by atoms with Crippen LogP contribution in [-0.2, 0) is 6.54 Å². The zero-order valence-corrected chi connectivity index (χ0v) is 12.8. The fourth-order valence-corrected chi connectivity index (χ4v) is 3.81. The molecule has 2 rings (SSSR count). The first-order chi connectivity index (χ1) is 8.66. The molecule has 0 aliphatic heterocycles. The molecule has 1 saturated carbocycles. The van der Waals surface area contributed by atoms with Gasteiger partial charge in [0.25, 0.3) is 0 Å². The van der Waals surface area contributed by atoms with Crippen LogP contribution in [0.25, 0.3) is 0 Å². The number of hydrogen-bond acceptors (Lipinski definition) is 3. The van der Waals surface area contributed by atoms with Gasteiger partial charge in [-0.1, -0.05) is 12.8 Å². The quantitative estimate of drug-likeness (QED) is 0.795. The van der Waals surface area contributed by atoms with Crippen molar-refractivity contribution in [2.75, 3.05) is 20.1 Å². The highest BCUT2D eigenvalue weighted by Gasteiger charge is 2.18. The Morgan fingerprint density at radius 2 is 2.06 bits per heavy atom. The standard InChI is InChI=1S/C15H26N2S/c1-12-10-14(13(2)18-12)11-16-8-9-17(3)15-6-4-5-7-15/h10,15-16H,4-9,11H2,1-3H3. The SMILES string of the molecule is Cc1cc(CNCCN(C)C2CCCC2)c(C)s1. The van der Waals surface area contributed by atoms with Gasteiger partial charge >= 0.3 is 0 Å². The average molecular weight is 266 g/mol. The van der Waals surface area contributed by atoms with Crippen molar-refractivity contribution >= 4 is 11.3 Å². The Morgan fingerprint density at radius 1 is 1.33 bits per heavy atom. The van der Waals surface area contributed by atoms with Gasteiger partial charge in [-0.15, -0.1) is 11.3 Å². The van der Waals surface area contributed by atoms with Crippen LogP contribution in [0.5, 0.6) is 0 Å². The fraction of sp³-hybridized carbons (Fsp3) is 0.733. The molecule has 0 atom stereocenters. The highest BCUT2D eigenvalue weighted by atomic mass is 32.1. The predicted molar refractivity (Wildman–Crippen MR) is 80.4 cm³/mol. The second kappa shape index (κ2) is 6.69. The molecular weight excluding hydrogens is 240 g/mol. The summed E-state index contributed by atoms with van der Waals surface area (Å²) in [6.45, 7) is 7.71. The van der Waals surface area contributed by atoms with E-state index in [1.807, 2.05) is 11.3 Å². The van der Waals surface area contributed by atoms with E-state index in [2.05, 4.69) is 37.2 Å². The highest BCUT2D eigenvalue weighted by Crippen LogP contribution is 2.22. The average Bonchev–Trinajstić information content (AvgIpc) is 2.94. The Labute approximate surface area is 115 Å². The van der Waals surface area contributed by atoms with Crippen LogP contribution in [0.2, 0.25) is 0 Å². The van der Waals surface area contributed by atoms with Crippen LogP contribution in [-0.4, -0.2) is 31.1 Å². The monoisotopic (exact) mass is 266 g/mol. The Balaban J connectivity index is 1.65. The third-order valence-corrected chi connectivity index (χ3v) is 5.06. The molecule has 1 heterocycles. The van der Waals surface area contributed by atoms with Crippen molar-refractivity contribution in [2.45, 2.75) is 52.1 Å². The minimum Gasteiger partial charge on any atom is -0.311 e. The smallest absolute Gasteiger partial charge is 0.0217 e. The van der Waals surface area contributed by atoms with Gasteiger partial charge in [-0.05, 0) is 45.4 Å². The third kappa shape index (κ3) is 3.81. The molecule has 1 N–H and O–H groups in total. The van der Waals surface area contributed by atoms with Gasteiger partial charge in [-0.3, -0.25) is 0 Å². The van der Waals surface area contributed by atoms with Crippen LogP contribution < -0.4 is 5.32 Å². The molecule has 0 amide bonds. The van der Waals surface area contributed by atoms with E-state index in [0.29, 0.717) is 0 Å². The van der Waals surface area contributed by atoms with Gasteiger partial charge < -0.3 is 10.2 Å². The summed E-state index contributed by atoms with van der Waals surface area (Å²) in [5, 5.41) is 3.58. The van der Waals surface area contributed by atoms with Gasteiger partial charge in [0.05, 0.1) is 0 Å². The molecule has 1 aliphatic rings. The topological polar surface area (TPSA) is 15.3 Å². The minimum absolute atomic E-state index is 0.844. The molecule has 0 saturated heterocycles. The molecule has 102 valence electrons. The summed E-state index contributed by atoms with van der Waals surface area (Å²) in [5.74, 6) is 0. The Bertz CT molecular complexity index is 367. The lowest BCUT2D eigenvalue weighted by Crippen LogP contribution is -2.35. The van der Waals surface area contributed by atoms with Crippen molar-refractivity contribution in [1.29, 1.82) is 0 Å². The lowest BCUT2D eigenvalue weighted by atomic mass is 10.2. The van der Waals surface area contributed by atoms with E-state index in [1.165, 1.54) is 47.5 Å². The zero-order chi connectivity index (χ0) is 13.0. The van der Waals surface area contributed by atoms with E-state index >= 15 is 0 Å². The summed E-state index contributed by atoms with van der Waals surface area (Å²) < 4.78 is 0. The Morgan fingerprint density at radius 3 is 2.67 bits per heavy atom. The van der Waals surface area contributed by atoms with Gasteiger partial charge in [0, 0.05) is 35.4 Å². The van der Waals surface area contributed by atoms with Crippen LogP contribution in [0.4, 0.5) is 0 Å². The van der Waals surface area contributed by atoms with Crippen LogP contribution in [0.1, 0.15) is 41.0 Å². The maximum absolute atomic E-state index is 3.58. The van der Waals surface area contributed by atoms with E-state index in [4.69, 9.17) is 0 Å². The van der Waals surface area contributed by atoms with Crippen molar-refractivity contribution in [3.63, 3.8) is 0 Å². The van der Waals surface area contributed by atoms with Gasteiger partial charge in [0.2, 0.25) is 0 Å². The zero-order valence-electron chi connectivity index (χ0n) is 12.0. The van der Waals surface area contributed by atoms with Crippen LogP contribution in [0, 0.1) is 13.8 Å². The first-order valence-electron chi connectivity index (χ1n) is 7.13. The van der Waals surface area contributed by atoms with Gasteiger partial charge in [0.15, 0.2) is 0 Å². The fourth-order valence-electron chi connectivity index (χ4n) is 2.87. The second-order valence-electron chi connectivity index (χ2n) is 5.53. The summed E-state index contributed by atoms with van der Waals surface area (Å²) in [5.41, 5.74) is 1.47. The maximum Gasteiger partial charge on any atom is 0.0217 e. The lowest BCUT2D eigenvalue weighted by Gasteiger charge is -2.23. The minimum atomic E-state index is 0.844. The van der Waals surface area contributed by atoms with E-state index in [1.54, 1.807) is 0 Å². The number of thiophene rings is 1. The molecule has 3 heteroatoms. The summed E-state index contributed by atoms with van der Waals surface area (Å²) in [4.78, 5) is 5.42. The van der Waals surface area contributed by atoms with Crippen LogP contribution in [0.3, 0.4) is 0 Å². The first-order valence-corrected chi connectivity index (χ1v) is 7.95. The summed E-state index contributed by atoms with van der Waals surface area (Å²) in [6, 6.07) is 3.16. The molecule has 1 fully saturated rings. The largest absolute Gasteiger partial charge is 0.311 e. The molecule has 1 aromatic heterocycles. The van der Waals surface area contributed by atoms with Crippen molar-refractivity contribution in [2.24, 2.45) is 0 Å². The normalized spacial score (nSPS) is 16.9. The van der Waals surface area contributed by atoms with Crippen LogP contribution in [0.15, 0.2) is 6.07 Å². The number of rotatable bonds is 6. The van der Waals surface area contributed by atoms with Crippen molar-refractivity contribution < 1.29 is 0 Å². The number of likely N-dealkylation sites (N-methyl/N-ethyl adjacent to an activating group) is 1. The number of nitrogens with zero attached hydrogens (tertiary/aromatic N) is 1. The van der Waals surface area contributed by atoms with E-state index in [-0.39, 0.29) is 0 Å². The van der Waals surface area contributed by atoms with Gasteiger partial charge in [-0.2, -0.15) is 0 Å². The van der Waals surface area contributed by atoms with Gasteiger partial charge in [0.1, 0.15) is 0 Å². The first kappa shape index (κ1) is 14.0. The van der Waals surface area contributed by atoms with E-state index in [9.17, 15) is 0 Å². The van der Waals surface area contributed by atoms with Crippen molar-refractivity contribution in [3.8, 4) is 0 Å². The number of aryl methyl sites for hydroxylation is 2. The molecule has 0 bridgehead atoms. The van der Waals surface area contributed by atoms with Gasteiger partial charge in [-0.25, -0.2) is 0 Å². The molecule has 0 spiro atoms. The highest BCUT2D eigenvalue weighted by molar-refractivity contribution is 7.12. The van der Waals surface area contributed by atoms with E-state index < -0.39 is 0 Å². The molecule has 18 heavy (non-hydrogen) atoms. The second-order valence-corrected chi connectivity index (χ2v) is 6.99. The molecule has 0 aromatic carbocycles. The molecule has 0 radical (unpaired) electrons.